The molecule has 0 unspecified atom stereocenters. The molecular weight excluding hydrogens is 444 g/mol. The molecule has 2 N–H and O–H groups in total. The van der Waals surface area contributed by atoms with E-state index in [0.29, 0.717) is 30.1 Å². The third kappa shape index (κ3) is 5.66. The number of pyridine rings is 1. The second-order valence-electron chi connectivity index (χ2n) is 8.26. The van der Waals surface area contributed by atoms with Crippen LogP contribution in [0.2, 0.25) is 0 Å². The Bertz CT molecular complexity index is 1350. The Balaban J connectivity index is 1.64. The summed E-state index contributed by atoms with van der Waals surface area (Å²) in [5.74, 6) is 1.70. The smallest absolute Gasteiger partial charge is 0.449 e. The minimum Gasteiger partial charge on any atom is -0.449 e. The molecule has 0 aliphatic heterocycles. The summed E-state index contributed by atoms with van der Waals surface area (Å²) in [5.41, 5.74) is 4.12. The van der Waals surface area contributed by atoms with Crippen molar-refractivity contribution in [3.63, 3.8) is 0 Å². The van der Waals surface area contributed by atoms with Gasteiger partial charge in [0.1, 0.15) is 22.9 Å². The Labute approximate surface area is 203 Å². The van der Waals surface area contributed by atoms with Crippen molar-refractivity contribution >= 4 is 29.0 Å². The fourth-order valence-corrected chi connectivity index (χ4v) is 3.99. The number of hydrogen-bond acceptors (Lipinski definition) is 5. The SMILES string of the molecule is CCCC(=O)Nc1ccc2nc(CCC)n(Cc3ccc(-c4ccccc4OC(=O)O)cc3)c2n1. The maximum Gasteiger partial charge on any atom is 0.511 e. The van der Waals surface area contributed by atoms with Gasteiger partial charge in [0, 0.05) is 18.4 Å². The molecule has 180 valence electrons. The molecule has 2 aromatic heterocycles. The zero-order valence-electron chi connectivity index (χ0n) is 19.8. The van der Waals surface area contributed by atoms with Crippen LogP contribution < -0.4 is 10.1 Å². The lowest BCUT2D eigenvalue weighted by molar-refractivity contribution is -0.116. The van der Waals surface area contributed by atoms with Crippen LogP contribution >= 0.6 is 0 Å². The van der Waals surface area contributed by atoms with E-state index in [9.17, 15) is 9.59 Å². The van der Waals surface area contributed by atoms with Crippen molar-refractivity contribution in [3.05, 3.63) is 72.1 Å². The second-order valence-corrected chi connectivity index (χ2v) is 8.26. The van der Waals surface area contributed by atoms with Gasteiger partial charge in [-0.25, -0.2) is 14.8 Å². The van der Waals surface area contributed by atoms with Crippen LogP contribution in [0.15, 0.2) is 60.7 Å². The summed E-state index contributed by atoms with van der Waals surface area (Å²) in [5, 5.41) is 11.9. The first-order valence-electron chi connectivity index (χ1n) is 11.7. The highest BCUT2D eigenvalue weighted by molar-refractivity contribution is 5.90. The zero-order valence-corrected chi connectivity index (χ0v) is 19.8. The fraction of sp³-hybridized carbons (Fsp3) is 0.259. The number of imidazole rings is 1. The van der Waals surface area contributed by atoms with E-state index < -0.39 is 6.16 Å². The molecule has 4 aromatic rings. The zero-order chi connectivity index (χ0) is 24.8. The van der Waals surface area contributed by atoms with Crippen LogP contribution in [0.5, 0.6) is 5.75 Å². The lowest BCUT2D eigenvalue weighted by Crippen LogP contribution is -2.12. The third-order valence-corrected chi connectivity index (χ3v) is 5.58. The summed E-state index contributed by atoms with van der Waals surface area (Å²) in [6.07, 6.45) is 1.64. The molecule has 0 fully saturated rings. The largest absolute Gasteiger partial charge is 0.511 e. The van der Waals surface area contributed by atoms with E-state index in [2.05, 4.69) is 16.8 Å². The van der Waals surface area contributed by atoms with Gasteiger partial charge in [-0.05, 0) is 42.2 Å². The number of carbonyl (C=O) groups is 2. The van der Waals surface area contributed by atoms with Gasteiger partial charge in [0.25, 0.3) is 0 Å². The van der Waals surface area contributed by atoms with Crippen LogP contribution in [-0.2, 0) is 17.8 Å². The molecule has 2 aromatic carbocycles. The summed E-state index contributed by atoms with van der Waals surface area (Å²) < 4.78 is 7.01. The molecule has 8 nitrogen and oxygen atoms in total. The molecule has 0 atom stereocenters. The van der Waals surface area contributed by atoms with Gasteiger partial charge in [0.05, 0.1) is 6.54 Å². The average Bonchev–Trinajstić information content (AvgIpc) is 3.16. The number of benzene rings is 2. The highest BCUT2D eigenvalue weighted by Gasteiger charge is 2.14. The lowest BCUT2D eigenvalue weighted by Gasteiger charge is -2.11. The number of nitrogens with zero attached hydrogens (tertiary/aromatic N) is 3. The third-order valence-electron chi connectivity index (χ3n) is 5.58. The van der Waals surface area contributed by atoms with Crippen LogP contribution in [0, 0.1) is 0 Å². The van der Waals surface area contributed by atoms with E-state index in [0.717, 1.165) is 47.4 Å². The number of nitrogens with one attached hydrogen (secondary N) is 1. The van der Waals surface area contributed by atoms with Crippen LogP contribution in [-0.4, -0.2) is 31.7 Å². The molecular formula is C27H28N4O4. The predicted molar refractivity (Wildman–Crippen MR) is 135 cm³/mol. The summed E-state index contributed by atoms with van der Waals surface area (Å²) in [6, 6.07) is 18.6. The molecule has 0 spiro atoms. The van der Waals surface area contributed by atoms with Crippen LogP contribution in [0.3, 0.4) is 0 Å². The van der Waals surface area contributed by atoms with Gasteiger partial charge in [0.2, 0.25) is 5.91 Å². The topological polar surface area (TPSA) is 106 Å². The molecule has 1 amide bonds. The van der Waals surface area contributed by atoms with Crippen molar-refractivity contribution in [1.29, 1.82) is 0 Å². The Morgan fingerprint density at radius 1 is 0.971 bits per heavy atom. The predicted octanol–water partition coefficient (Wildman–Crippen LogP) is 5.89. The quantitative estimate of drug-likeness (QED) is 0.232. The lowest BCUT2D eigenvalue weighted by atomic mass is 10.0. The highest BCUT2D eigenvalue weighted by atomic mass is 16.7. The van der Waals surface area contributed by atoms with E-state index in [4.69, 9.17) is 19.8 Å². The standard InChI is InChI=1S/C27H28N4O4/c1-3-7-24-28-21-15-16-23(29-25(32)8-4-2)30-26(21)31(24)17-18-11-13-19(14-12-18)20-9-5-6-10-22(20)35-27(33)34/h5-6,9-16H,3-4,7-8,17H2,1-2H3,(H,33,34)(H,29,30,32). The van der Waals surface area contributed by atoms with Crippen molar-refractivity contribution in [2.75, 3.05) is 5.32 Å². The molecule has 0 saturated heterocycles. The van der Waals surface area contributed by atoms with Crippen molar-refractivity contribution < 1.29 is 19.4 Å². The van der Waals surface area contributed by atoms with Crippen LogP contribution in [0.25, 0.3) is 22.3 Å². The van der Waals surface area contributed by atoms with Gasteiger partial charge in [-0.2, -0.15) is 0 Å². The number of aromatic nitrogens is 3. The summed E-state index contributed by atoms with van der Waals surface area (Å²) in [6.45, 7) is 4.64. The minimum atomic E-state index is -1.35. The first-order valence-corrected chi connectivity index (χ1v) is 11.7. The van der Waals surface area contributed by atoms with Gasteiger partial charge in [-0.15, -0.1) is 0 Å². The van der Waals surface area contributed by atoms with E-state index in [1.807, 2.05) is 49.4 Å². The normalized spacial score (nSPS) is 10.9. The maximum atomic E-state index is 12.0. The van der Waals surface area contributed by atoms with Gasteiger partial charge >= 0.3 is 6.16 Å². The molecule has 2 heterocycles. The number of fused-ring (bicyclic) bond motifs is 1. The van der Waals surface area contributed by atoms with E-state index in [1.54, 1.807) is 18.2 Å². The van der Waals surface area contributed by atoms with Crippen molar-refractivity contribution in [3.8, 4) is 16.9 Å². The number of ether oxygens (including phenoxy) is 1. The van der Waals surface area contributed by atoms with E-state index in [1.165, 1.54) is 0 Å². The molecule has 0 aliphatic carbocycles. The molecule has 8 heteroatoms. The van der Waals surface area contributed by atoms with Gasteiger partial charge in [0.15, 0.2) is 5.65 Å². The first-order chi connectivity index (χ1) is 17.0. The summed E-state index contributed by atoms with van der Waals surface area (Å²) in [7, 11) is 0. The Kier molecular flexibility index (Phi) is 7.40. The number of carboxylic acid groups (broad SMARTS) is 1. The number of carbonyl (C=O) groups excluding carboxylic acids is 1. The molecule has 0 bridgehead atoms. The van der Waals surface area contributed by atoms with Crippen molar-refractivity contribution in [2.45, 2.75) is 46.1 Å². The van der Waals surface area contributed by atoms with Gasteiger partial charge < -0.3 is 19.7 Å². The number of amides is 1. The van der Waals surface area contributed by atoms with Crippen molar-refractivity contribution in [1.82, 2.24) is 14.5 Å². The number of hydrogen-bond donors (Lipinski definition) is 2. The number of anilines is 1. The fourth-order valence-electron chi connectivity index (χ4n) is 3.99. The first kappa shape index (κ1) is 23.9. The molecule has 0 radical (unpaired) electrons. The summed E-state index contributed by atoms with van der Waals surface area (Å²) >= 11 is 0. The Morgan fingerprint density at radius 2 is 1.74 bits per heavy atom. The molecule has 35 heavy (non-hydrogen) atoms. The number of rotatable bonds is 9. The highest BCUT2D eigenvalue weighted by Crippen LogP contribution is 2.30. The van der Waals surface area contributed by atoms with E-state index in [-0.39, 0.29) is 5.91 Å². The van der Waals surface area contributed by atoms with Gasteiger partial charge in [-0.1, -0.05) is 56.3 Å². The Hall–Kier alpha value is -4.20. The summed E-state index contributed by atoms with van der Waals surface area (Å²) in [4.78, 5) is 32.6. The minimum absolute atomic E-state index is 0.0538. The van der Waals surface area contributed by atoms with E-state index >= 15 is 0 Å². The van der Waals surface area contributed by atoms with Crippen LogP contribution in [0.1, 0.15) is 44.5 Å². The number of para-hydroxylation sites is 1. The molecule has 0 aliphatic rings. The van der Waals surface area contributed by atoms with Gasteiger partial charge in [-0.3, -0.25) is 4.79 Å². The average molecular weight is 473 g/mol. The second kappa shape index (κ2) is 10.8. The maximum absolute atomic E-state index is 12.0. The number of aryl methyl sites for hydroxylation is 1. The van der Waals surface area contributed by atoms with Crippen LogP contribution in [0.4, 0.5) is 10.6 Å². The monoisotopic (exact) mass is 472 g/mol. The van der Waals surface area contributed by atoms with Crippen molar-refractivity contribution in [2.24, 2.45) is 0 Å². The Morgan fingerprint density at radius 3 is 2.46 bits per heavy atom. The molecule has 4 rings (SSSR count). The molecule has 0 saturated carbocycles.